The van der Waals surface area contributed by atoms with Crippen LogP contribution in [0.1, 0.15) is 39.0 Å². The van der Waals surface area contributed by atoms with Gasteiger partial charge >= 0.3 is 12.6 Å². The van der Waals surface area contributed by atoms with Crippen LogP contribution in [0.5, 0.6) is 17.2 Å². The molecule has 0 fully saturated rings. The molecule has 0 saturated heterocycles. The predicted molar refractivity (Wildman–Crippen MR) is 127 cm³/mol. The van der Waals surface area contributed by atoms with Gasteiger partial charge in [-0.25, -0.2) is 4.79 Å². The molecule has 0 unspecified atom stereocenters. The maximum atomic E-state index is 13.2. The van der Waals surface area contributed by atoms with Gasteiger partial charge in [0.15, 0.2) is 17.6 Å². The predicted octanol–water partition coefficient (Wildman–Crippen LogP) is 5.05. The number of nitro groups is 1. The molecule has 0 aliphatic carbocycles. The van der Waals surface area contributed by atoms with E-state index in [-0.39, 0.29) is 22.8 Å². The van der Waals surface area contributed by atoms with Crippen molar-refractivity contribution in [2.45, 2.75) is 33.5 Å². The molecule has 37 heavy (non-hydrogen) atoms. The van der Waals surface area contributed by atoms with Gasteiger partial charge in [0.05, 0.1) is 25.2 Å². The Bertz CT molecular complexity index is 1340. The van der Waals surface area contributed by atoms with Gasteiger partial charge in [-0.3, -0.25) is 14.9 Å². The molecule has 10 nitrogen and oxygen atoms in total. The fourth-order valence-electron chi connectivity index (χ4n) is 3.87. The first-order valence-corrected chi connectivity index (χ1v) is 10.9. The fraction of sp³-hybridized carbons (Fsp3) is 0.280. The van der Waals surface area contributed by atoms with Crippen molar-refractivity contribution in [1.29, 1.82) is 0 Å². The number of alkyl halides is 2. The number of nitro benzene ring substituents is 1. The summed E-state index contributed by atoms with van der Waals surface area (Å²) >= 11 is 0. The molecule has 0 aliphatic heterocycles. The van der Waals surface area contributed by atoms with E-state index >= 15 is 0 Å². The number of hydrogen-bond acceptors (Lipinski definition) is 8. The molecule has 0 amide bonds. The van der Waals surface area contributed by atoms with Crippen molar-refractivity contribution in [3.8, 4) is 22.9 Å². The topological polar surface area (TPSA) is 119 Å². The van der Waals surface area contributed by atoms with Gasteiger partial charge in [-0.15, -0.1) is 0 Å². The summed E-state index contributed by atoms with van der Waals surface area (Å²) in [5.74, 6) is -1.50. The summed E-state index contributed by atoms with van der Waals surface area (Å²) in [6, 6.07) is 9.63. The van der Waals surface area contributed by atoms with Crippen LogP contribution in [0.15, 0.2) is 42.5 Å². The number of methoxy groups -OCH3 is 2. The lowest BCUT2D eigenvalue weighted by Crippen LogP contribution is -2.25. The van der Waals surface area contributed by atoms with Crippen molar-refractivity contribution >= 4 is 17.4 Å². The largest absolute Gasteiger partial charge is 0.493 e. The Kier molecular flexibility index (Phi) is 8.11. The first kappa shape index (κ1) is 27.1. The maximum absolute atomic E-state index is 13.2. The van der Waals surface area contributed by atoms with Crippen LogP contribution >= 0.6 is 0 Å². The van der Waals surface area contributed by atoms with Crippen LogP contribution in [0.2, 0.25) is 0 Å². The van der Waals surface area contributed by atoms with Crippen molar-refractivity contribution < 1.29 is 42.2 Å². The van der Waals surface area contributed by atoms with E-state index in [2.05, 4.69) is 4.74 Å². The minimum Gasteiger partial charge on any atom is -0.493 e. The summed E-state index contributed by atoms with van der Waals surface area (Å²) in [6.45, 7) is 1.83. The molecule has 3 rings (SSSR count). The summed E-state index contributed by atoms with van der Waals surface area (Å²) < 4.78 is 46.4. The number of nitrogens with zero attached hydrogens (tertiary/aromatic N) is 2. The van der Waals surface area contributed by atoms with E-state index in [0.29, 0.717) is 17.1 Å². The number of carbonyl (C=O) groups is 2. The number of Topliss-reactive ketones (excluding diaryl/α,β-unsaturated/α-hetero) is 1. The van der Waals surface area contributed by atoms with E-state index in [1.54, 1.807) is 36.6 Å². The van der Waals surface area contributed by atoms with E-state index in [1.807, 2.05) is 0 Å². The minimum absolute atomic E-state index is 0.0118. The molecule has 196 valence electrons. The number of esters is 1. The van der Waals surface area contributed by atoms with Gasteiger partial charge in [0.1, 0.15) is 11.3 Å². The Labute approximate surface area is 210 Å². The van der Waals surface area contributed by atoms with E-state index in [4.69, 9.17) is 14.2 Å². The Morgan fingerprint density at radius 2 is 1.57 bits per heavy atom. The van der Waals surface area contributed by atoms with E-state index < -0.39 is 40.6 Å². The highest BCUT2D eigenvalue weighted by Gasteiger charge is 2.30. The monoisotopic (exact) mass is 518 g/mol. The number of rotatable bonds is 10. The molecule has 0 bridgehead atoms. The Hall–Kier alpha value is -4.48. The van der Waals surface area contributed by atoms with E-state index in [0.717, 1.165) is 12.1 Å². The summed E-state index contributed by atoms with van der Waals surface area (Å²) in [7, 11) is 2.60. The molecule has 0 saturated carbocycles. The number of aryl methyl sites for hydroxylation is 1. The normalized spacial score (nSPS) is 11.7. The number of benzene rings is 2. The second-order valence-electron chi connectivity index (χ2n) is 7.89. The lowest BCUT2D eigenvalue weighted by atomic mass is 10.1. The van der Waals surface area contributed by atoms with Gasteiger partial charge in [-0.05, 0) is 51.1 Å². The van der Waals surface area contributed by atoms with Crippen molar-refractivity contribution in [3.05, 3.63) is 75.1 Å². The van der Waals surface area contributed by atoms with Crippen LogP contribution in [0.4, 0.5) is 14.5 Å². The molecule has 2 aromatic carbocycles. The summed E-state index contributed by atoms with van der Waals surface area (Å²) in [5.41, 5.74) is 1.06. The molecule has 12 heteroatoms. The van der Waals surface area contributed by atoms with Gasteiger partial charge < -0.3 is 23.5 Å². The molecule has 0 spiro atoms. The van der Waals surface area contributed by atoms with Crippen LogP contribution in [-0.2, 0) is 4.74 Å². The Balaban J connectivity index is 1.86. The van der Waals surface area contributed by atoms with Gasteiger partial charge in [-0.2, -0.15) is 8.78 Å². The second-order valence-corrected chi connectivity index (χ2v) is 7.89. The van der Waals surface area contributed by atoms with E-state index in [9.17, 15) is 28.5 Å². The minimum atomic E-state index is -2.95. The van der Waals surface area contributed by atoms with Crippen LogP contribution in [0.3, 0.4) is 0 Å². The van der Waals surface area contributed by atoms with Crippen LogP contribution in [0.25, 0.3) is 5.69 Å². The van der Waals surface area contributed by atoms with Gasteiger partial charge in [0, 0.05) is 28.7 Å². The average molecular weight is 518 g/mol. The standard InChI is InChI=1S/C25H24F2N2O8/c1-13-10-18(14(2)28(13)16-6-8-17(9-7-16)37-25(26)27)23(30)15(3)36-24(31)19-11-21(34-4)22(35-5)12-20(19)29(32)33/h6-12,15,25H,1-5H3/t15-/m0/s1. The summed E-state index contributed by atoms with van der Waals surface area (Å²) in [6.07, 6.45) is -1.28. The molecule has 1 atom stereocenters. The molecule has 3 aromatic rings. The van der Waals surface area contributed by atoms with Crippen molar-refractivity contribution in [3.63, 3.8) is 0 Å². The number of ether oxygens (including phenoxy) is 4. The second kappa shape index (κ2) is 11.1. The highest BCUT2D eigenvalue weighted by molar-refractivity contribution is 6.03. The quantitative estimate of drug-likeness (QED) is 0.158. The fourth-order valence-corrected chi connectivity index (χ4v) is 3.87. The lowest BCUT2D eigenvalue weighted by molar-refractivity contribution is -0.385. The van der Waals surface area contributed by atoms with Gasteiger partial charge in [0.25, 0.3) is 5.69 Å². The number of ketones is 1. The molecule has 0 N–H and O–H groups in total. The summed E-state index contributed by atoms with van der Waals surface area (Å²) in [5, 5.41) is 11.5. The third kappa shape index (κ3) is 5.68. The van der Waals surface area contributed by atoms with Gasteiger partial charge in [0.2, 0.25) is 5.78 Å². The maximum Gasteiger partial charge on any atom is 0.387 e. The van der Waals surface area contributed by atoms with Crippen molar-refractivity contribution in [2.24, 2.45) is 0 Å². The highest BCUT2D eigenvalue weighted by Crippen LogP contribution is 2.35. The molecule has 0 radical (unpaired) electrons. The molecular formula is C25H24F2N2O8. The highest BCUT2D eigenvalue weighted by atomic mass is 19.3. The number of carbonyl (C=O) groups excluding carboxylic acids is 2. The van der Waals surface area contributed by atoms with Crippen molar-refractivity contribution in [2.75, 3.05) is 14.2 Å². The first-order valence-electron chi connectivity index (χ1n) is 10.9. The molecule has 1 heterocycles. The lowest BCUT2D eigenvalue weighted by Gasteiger charge is -2.15. The molecule has 0 aliphatic rings. The average Bonchev–Trinajstić information content (AvgIpc) is 3.16. The smallest absolute Gasteiger partial charge is 0.387 e. The summed E-state index contributed by atoms with van der Waals surface area (Å²) in [4.78, 5) is 36.7. The van der Waals surface area contributed by atoms with Crippen LogP contribution in [-0.4, -0.2) is 48.2 Å². The Morgan fingerprint density at radius 1 is 0.973 bits per heavy atom. The number of halogens is 2. The zero-order valence-corrected chi connectivity index (χ0v) is 20.6. The first-order chi connectivity index (χ1) is 17.5. The number of aromatic nitrogens is 1. The van der Waals surface area contributed by atoms with E-state index in [1.165, 1.54) is 33.3 Å². The third-order valence-corrected chi connectivity index (χ3v) is 5.59. The third-order valence-electron chi connectivity index (χ3n) is 5.59. The zero-order valence-electron chi connectivity index (χ0n) is 20.6. The zero-order chi connectivity index (χ0) is 27.4. The SMILES string of the molecule is COc1cc(C(=O)O[C@@H](C)C(=O)c2cc(C)n(-c3ccc(OC(F)F)cc3)c2C)c([N+](=O)[O-])cc1OC. The molecule has 1 aromatic heterocycles. The van der Waals surface area contributed by atoms with Crippen molar-refractivity contribution in [1.82, 2.24) is 4.57 Å². The van der Waals surface area contributed by atoms with Crippen LogP contribution in [0, 0.1) is 24.0 Å². The van der Waals surface area contributed by atoms with Crippen LogP contribution < -0.4 is 14.2 Å². The Morgan fingerprint density at radius 3 is 2.11 bits per heavy atom. The molecular weight excluding hydrogens is 494 g/mol. The number of hydrogen-bond donors (Lipinski definition) is 0. The van der Waals surface area contributed by atoms with Gasteiger partial charge in [-0.1, -0.05) is 0 Å².